The molecule has 2 aromatic rings. The Balaban J connectivity index is 2.39. The molecular formula is C18H12F6N2O3S. The SMILES string of the molecule is NC(=O)CNC(=O)c1ccccc1SC(=O)c1cc(C(F)(F)F)cc(C(F)(F)F)c1. The maximum atomic E-state index is 13.0. The van der Waals surface area contributed by atoms with Crippen molar-refractivity contribution in [3.8, 4) is 0 Å². The lowest BCUT2D eigenvalue weighted by atomic mass is 10.1. The molecule has 0 atom stereocenters. The number of halogens is 6. The molecule has 2 rings (SSSR count). The van der Waals surface area contributed by atoms with E-state index in [9.17, 15) is 40.7 Å². The molecule has 0 aromatic heterocycles. The molecule has 0 spiro atoms. The molecule has 30 heavy (non-hydrogen) atoms. The summed E-state index contributed by atoms with van der Waals surface area (Å²) >= 11 is 0.274. The third kappa shape index (κ3) is 5.99. The number of nitrogens with one attached hydrogen (secondary N) is 1. The highest BCUT2D eigenvalue weighted by Crippen LogP contribution is 2.37. The van der Waals surface area contributed by atoms with E-state index in [1.165, 1.54) is 24.3 Å². The molecule has 0 aliphatic rings. The standard InChI is InChI=1S/C18H12F6N2O3S/c19-17(20,21)10-5-9(6-11(7-10)18(22,23)24)16(29)30-13-4-2-1-3-12(13)15(28)26-8-14(25)27/h1-7H,8H2,(H2,25,27)(H,26,28). The van der Waals surface area contributed by atoms with Gasteiger partial charge in [-0.25, -0.2) is 0 Å². The average Bonchev–Trinajstić information content (AvgIpc) is 2.64. The summed E-state index contributed by atoms with van der Waals surface area (Å²) < 4.78 is 77.8. The van der Waals surface area contributed by atoms with Crippen LogP contribution in [0.25, 0.3) is 0 Å². The van der Waals surface area contributed by atoms with E-state index in [2.05, 4.69) is 5.32 Å². The number of alkyl halides is 6. The molecule has 160 valence electrons. The van der Waals surface area contributed by atoms with E-state index in [4.69, 9.17) is 5.73 Å². The first-order chi connectivity index (χ1) is 13.8. The topological polar surface area (TPSA) is 89.3 Å². The molecule has 0 radical (unpaired) electrons. The van der Waals surface area contributed by atoms with Crippen molar-refractivity contribution in [1.29, 1.82) is 0 Å². The number of nitrogens with two attached hydrogens (primary N) is 1. The zero-order chi connectivity index (χ0) is 22.7. The van der Waals surface area contributed by atoms with Gasteiger partial charge in [0, 0.05) is 10.5 Å². The van der Waals surface area contributed by atoms with Gasteiger partial charge in [0.05, 0.1) is 23.2 Å². The zero-order valence-electron chi connectivity index (χ0n) is 14.7. The highest BCUT2D eigenvalue weighted by atomic mass is 32.2. The van der Waals surface area contributed by atoms with Crippen molar-refractivity contribution in [3.63, 3.8) is 0 Å². The highest BCUT2D eigenvalue weighted by Gasteiger charge is 2.37. The largest absolute Gasteiger partial charge is 0.416 e. The van der Waals surface area contributed by atoms with Crippen molar-refractivity contribution < 1.29 is 40.7 Å². The first kappa shape index (κ1) is 23.3. The third-order valence-electron chi connectivity index (χ3n) is 3.58. The number of primary amides is 1. The van der Waals surface area contributed by atoms with Crippen LogP contribution in [0.2, 0.25) is 0 Å². The van der Waals surface area contributed by atoms with Gasteiger partial charge in [0.15, 0.2) is 0 Å². The van der Waals surface area contributed by atoms with E-state index in [0.717, 1.165) is 0 Å². The van der Waals surface area contributed by atoms with Gasteiger partial charge in [-0.3, -0.25) is 14.4 Å². The molecule has 0 unspecified atom stereocenters. The van der Waals surface area contributed by atoms with Crippen LogP contribution in [0.15, 0.2) is 47.4 Å². The second-order valence-electron chi connectivity index (χ2n) is 5.83. The van der Waals surface area contributed by atoms with Gasteiger partial charge in [0.2, 0.25) is 11.0 Å². The number of benzene rings is 2. The van der Waals surface area contributed by atoms with Crippen molar-refractivity contribution in [3.05, 3.63) is 64.7 Å². The number of rotatable bonds is 5. The van der Waals surface area contributed by atoms with Crippen molar-refractivity contribution in [2.75, 3.05) is 6.54 Å². The molecule has 12 heteroatoms. The van der Waals surface area contributed by atoms with Gasteiger partial charge < -0.3 is 11.1 Å². The highest BCUT2D eigenvalue weighted by molar-refractivity contribution is 8.14. The average molecular weight is 450 g/mol. The minimum atomic E-state index is -5.10. The summed E-state index contributed by atoms with van der Waals surface area (Å²) in [6, 6.07) is 5.89. The van der Waals surface area contributed by atoms with Crippen LogP contribution in [-0.2, 0) is 17.1 Å². The van der Waals surface area contributed by atoms with E-state index < -0.39 is 52.5 Å². The molecule has 0 saturated heterocycles. The Morgan fingerprint density at radius 1 is 0.900 bits per heavy atom. The lowest BCUT2D eigenvalue weighted by molar-refractivity contribution is -0.143. The van der Waals surface area contributed by atoms with Crippen LogP contribution < -0.4 is 11.1 Å². The van der Waals surface area contributed by atoms with Crippen LogP contribution in [0.3, 0.4) is 0 Å². The van der Waals surface area contributed by atoms with Gasteiger partial charge in [-0.15, -0.1) is 0 Å². The van der Waals surface area contributed by atoms with Crippen LogP contribution >= 0.6 is 11.8 Å². The maximum absolute atomic E-state index is 13.0. The fraction of sp³-hybridized carbons (Fsp3) is 0.167. The molecule has 2 aromatic carbocycles. The van der Waals surface area contributed by atoms with Crippen LogP contribution in [0, 0.1) is 0 Å². The zero-order valence-corrected chi connectivity index (χ0v) is 15.5. The summed E-state index contributed by atoms with van der Waals surface area (Å²) in [5, 5.41) is 1.04. The molecule has 2 amide bonds. The van der Waals surface area contributed by atoms with Gasteiger partial charge in [0.25, 0.3) is 5.91 Å². The van der Waals surface area contributed by atoms with Crippen LogP contribution in [0.4, 0.5) is 26.3 Å². The van der Waals surface area contributed by atoms with E-state index in [1.54, 1.807) is 0 Å². The number of amides is 2. The summed E-state index contributed by atoms with van der Waals surface area (Å²) in [6.07, 6.45) is -10.2. The first-order valence-electron chi connectivity index (χ1n) is 7.96. The summed E-state index contributed by atoms with van der Waals surface area (Å²) in [7, 11) is 0. The molecule has 0 saturated carbocycles. The molecule has 3 N–H and O–H groups in total. The third-order valence-corrected chi connectivity index (χ3v) is 4.58. The van der Waals surface area contributed by atoms with Crippen molar-refractivity contribution >= 4 is 28.7 Å². The molecule has 0 aliphatic heterocycles. The minimum absolute atomic E-state index is 0.0320. The molecule has 5 nitrogen and oxygen atoms in total. The Hall–Kier alpha value is -3.02. The Labute approximate surface area is 169 Å². The quantitative estimate of drug-likeness (QED) is 0.535. The van der Waals surface area contributed by atoms with E-state index in [0.29, 0.717) is 12.1 Å². The monoisotopic (exact) mass is 450 g/mol. The number of hydrogen-bond acceptors (Lipinski definition) is 4. The maximum Gasteiger partial charge on any atom is 0.416 e. The summed E-state index contributed by atoms with van der Waals surface area (Å²) in [4.78, 5) is 35.3. The van der Waals surface area contributed by atoms with Gasteiger partial charge in [-0.2, -0.15) is 26.3 Å². The fourth-order valence-electron chi connectivity index (χ4n) is 2.24. The van der Waals surface area contributed by atoms with Crippen molar-refractivity contribution in [1.82, 2.24) is 5.32 Å². The van der Waals surface area contributed by atoms with Crippen molar-refractivity contribution in [2.24, 2.45) is 5.73 Å². The predicted molar refractivity (Wildman–Crippen MR) is 94.6 cm³/mol. The normalized spacial score (nSPS) is 11.8. The molecule has 0 fully saturated rings. The summed E-state index contributed by atoms with van der Waals surface area (Å²) in [6.45, 7) is -0.506. The smallest absolute Gasteiger partial charge is 0.368 e. The fourth-order valence-corrected chi connectivity index (χ4v) is 3.09. The van der Waals surface area contributed by atoms with Crippen LogP contribution in [-0.4, -0.2) is 23.5 Å². The lowest BCUT2D eigenvalue weighted by Gasteiger charge is -2.14. The Morgan fingerprint density at radius 3 is 1.93 bits per heavy atom. The Bertz CT molecular complexity index is 956. The Morgan fingerprint density at radius 2 is 1.43 bits per heavy atom. The van der Waals surface area contributed by atoms with E-state index in [1.807, 2.05) is 0 Å². The predicted octanol–water partition coefficient (Wildman–Crippen LogP) is 3.87. The van der Waals surface area contributed by atoms with Crippen molar-refractivity contribution in [2.45, 2.75) is 17.2 Å². The lowest BCUT2D eigenvalue weighted by Crippen LogP contribution is -2.33. The number of thioether (sulfide) groups is 1. The Kier molecular flexibility index (Phi) is 6.80. The molecule has 0 bridgehead atoms. The molecule has 0 heterocycles. The molecular weight excluding hydrogens is 438 g/mol. The second kappa shape index (κ2) is 8.78. The number of carbonyl (C=O) groups is 3. The first-order valence-corrected chi connectivity index (χ1v) is 8.78. The molecule has 0 aliphatic carbocycles. The van der Waals surface area contributed by atoms with Crippen LogP contribution in [0.1, 0.15) is 31.8 Å². The van der Waals surface area contributed by atoms with Crippen LogP contribution in [0.5, 0.6) is 0 Å². The number of hydrogen-bond donors (Lipinski definition) is 2. The van der Waals surface area contributed by atoms with Gasteiger partial charge in [-0.05, 0) is 42.1 Å². The van der Waals surface area contributed by atoms with Gasteiger partial charge in [-0.1, -0.05) is 12.1 Å². The van der Waals surface area contributed by atoms with E-state index in [-0.39, 0.29) is 28.3 Å². The van der Waals surface area contributed by atoms with Gasteiger partial charge in [0.1, 0.15) is 0 Å². The summed E-state index contributed by atoms with van der Waals surface area (Å²) in [5.74, 6) is -1.64. The minimum Gasteiger partial charge on any atom is -0.368 e. The number of carbonyl (C=O) groups excluding carboxylic acids is 3. The van der Waals surface area contributed by atoms with Gasteiger partial charge >= 0.3 is 12.4 Å². The second-order valence-corrected chi connectivity index (χ2v) is 6.84. The van der Waals surface area contributed by atoms with E-state index >= 15 is 0 Å². The summed E-state index contributed by atoms with van der Waals surface area (Å²) in [5.41, 5.74) is 0.704.